The van der Waals surface area contributed by atoms with Gasteiger partial charge in [0.15, 0.2) is 6.29 Å². The second-order valence-corrected chi connectivity index (χ2v) is 5.88. The number of carbonyl (C=O) groups is 1. The van der Waals surface area contributed by atoms with Gasteiger partial charge in [-0.3, -0.25) is 4.79 Å². The molecular formula is C13H12BrNO2S. The van der Waals surface area contributed by atoms with E-state index in [1.54, 1.807) is 17.4 Å². The highest BCUT2D eigenvalue weighted by Crippen LogP contribution is 2.27. The molecule has 0 saturated carbocycles. The van der Waals surface area contributed by atoms with Gasteiger partial charge in [0.1, 0.15) is 12.4 Å². The summed E-state index contributed by atoms with van der Waals surface area (Å²) >= 11 is 4.95. The first kappa shape index (κ1) is 13.2. The molecule has 0 N–H and O–H groups in total. The standard InChI is InChI=1S/C13H12BrNO2S/c1-8-3-11(14)4-10(5-16)13(8)17-6-12-7-18-9(2)15-12/h3-5,7H,6H2,1-2H3. The average molecular weight is 326 g/mol. The van der Waals surface area contributed by atoms with Crippen LogP contribution in [0.4, 0.5) is 0 Å². The number of ether oxygens (including phenoxy) is 1. The number of aldehydes is 1. The molecule has 0 aliphatic rings. The van der Waals surface area contributed by atoms with Gasteiger partial charge < -0.3 is 4.74 Å². The Morgan fingerprint density at radius 2 is 2.22 bits per heavy atom. The van der Waals surface area contributed by atoms with Crippen molar-refractivity contribution >= 4 is 33.6 Å². The van der Waals surface area contributed by atoms with Gasteiger partial charge in [0.05, 0.1) is 16.3 Å². The molecule has 0 spiro atoms. The van der Waals surface area contributed by atoms with Crippen LogP contribution >= 0.6 is 27.3 Å². The number of nitrogens with zero attached hydrogens (tertiary/aromatic N) is 1. The van der Waals surface area contributed by atoms with Crippen LogP contribution in [-0.4, -0.2) is 11.3 Å². The molecule has 1 aromatic heterocycles. The largest absolute Gasteiger partial charge is 0.486 e. The molecule has 0 unspecified atom stereocenters. The second-order valence-electron chi connectivity index (χ2n) is 3.91. The molecule has 0 radical (unpaired) electrons. The molecule has 0 saturated heterocycles. The normalized spacial score (nSPS) is 10.4. The van der Waals surface area contributed by atoms with Crippen LogP contribution in [-0.2, 0) is 6.61 Å². The first-order chi connectivity index (χ1) is 8.60. The molecule has 2 aromatic rings. The minimum atomic E-state index is 0.383. The van der Waals surface area contributed by atoms with Gasteiger partial charge in [0.2, 0.25) is 0 Å². The maximum atomic E-state index is 11.0. The Morgan fingerprint density at radius 3 is 2.83 bits per heavy atom. The van der Waals surface area contributed by atoms with Crippen molar-refractivity contribution in [1.82, 2.24) is 4.98 Å². The summed E-state index contributed by atoms with van der Waals surface area (Å²) in [4.78, 5) is 15.4. The van der Waals surface area contributed by atoms with Crippen molar-refractivity contribution in [2.24, 2.45) is 0 Å². The van der Waals surface area contributed by atoms with Gasteiger partial charge in [-0.2, -0.15) is 0 Å². The molecule has 94 valence electrons. The van der Waals surface area contributed by atoms with E-state index in [0.29, 0.717) is 17.9 Å². The molecule has 0 aliphatic carbocycles. The van der Waals surface area contributed by atoms with Crippen LogP contribution in [0.25, 0.3) is 0 Å². The van der Waals surface area contributed by atoms with E-state index in [9.17, 15) is 4.79 Å². The third kappa shape index (κ3) is 2.97. The first-order valence-corrected chi connectivity index (χ1v) is 7.06. The van der Waals surface area contributed by atoms with Crippen LogP contribution in [0.15, 0.2) is 22.0 Å². The fourth-order valence-corrected chi connectivity index (χ4v) is 2.85. The van der Waals surface area contributed by atoms with E-state index in [1.165, 1.54) is 0 Å². The van der Waals surface area contributed by atoms with E-state index >= 15 is 0 Å². The number of thiazole rings is 1. The van der Waals surface area contributed by atoms with Gasteiger partial charge in [-0.05, 0) is 31.5 Å². The van der Waals surface area contributed by atoms with Gasteiger partial charge in [-0.1, -0.05) is 15.9 Å². The SMILES string of the molecule is Cc1nc(COc2c(C)cc(Br)cc2C=O)cs1. The van der Waals surface area contributed by atoms with Crippen molar-refractivity contribution in [2.45, 2.75) is 20.5 Å². The Morgan fingerprint density at radius 1 is 1.44 bits per heavy atom. The highest BCUT2D eigenvalue weighted by Gasteiger charge is 2.09. The third-order valence-corrected chi connectivity index (χ3v) is 3.71. The quantitative estimate of drug-likeness (QED) is 0.800. The third-order valence-electron chi connectivity index (χ3n) is 2.43. The summed E-state index contributed by atoms with van der Waals surface area (Å²) in [6.45, 7) is 4.25. The maximum absolute atomic E-state index is 11.0. The lowest BCUT2D eigenvalue weighted by Crippen LogP contribution is -2.00. The summed E-state index contributed by atoms with van der Waals surface area (Å²) in [5, 5.41) is 2.97. The van der Waals surface area contributed by atoms with E-state index in [2.05, 4.69) is 20.9 Å². The maximum Gasteiger partial charge on any atom is 0.153 e. The predicted octanol–water partition coefficient (Wildman–Crippen LogP) is 3.91. The van der Waals surface area contributed by atoms with Crippen molar-refractivity contribution in [1.29, 1.82) is 0 Å². The highest BCUT2D eigenvalue weighted by atomic mass is 79.9. The number of hydrogen-bond acceptors (Lipinski definition) is 4. The zero-order valence-corrected chi connectivity index (χ0v) is 12.5. The van der Waals surface area contributed by atoms with Crippen molar-refractivity contribution in [2.75, 3.05) is 0 Å². The summed E-state index contributed by atoms with van der Waals surface area (Å²) in [7, 11) is 0. The van der Waals surface area contributed by atoms with Crippen molar-refractivity contribution in [3.05, 3.63) is 43.8 Å². The molecule has 0 bridgehead atoms. The fraction of sp³-hybridized carbons (Fsp3) is 0.231. The number of rotatable bonds is 4. The van der Waals surface area contributed by atoms with Crippen molar-refractivity contribution in [3.63, 3.8) is 0 Å². The van der Waals surface area contributed by atoms with E-state index in [4.69, 9.17) is 4.74 Å². The zero-order chi connectivity index (χ0) is 13.1. The van der Waals surface area contributed by atoms with Crippen LogP contribution in [0, 0.1) is 13.8 Å². The van der Waals surface area contributed by atoms with Gasteiger partial charge in [0.25, 0.3) is 0 Å². The van der Waals surface area contributed by atoms with Gasteiger partial charge in [-0.25, -0.2) is 4.98 Å². The fourth-order valence-electron chi connectivity index (χ4n) is 1.66. The summed E-state index contributed by atoms with van der Waals surface area (Å²) in [5.74, 6) is 0.624. The van der Waals surface area contributed by atoms with Crippen LogP contribution in [0.2, 0.25) is 0 Å². The molecule has 5 heteroatoms. The topological polar surface area (TPSA) is 39.2 Å². The Hall–Kier alpha value is -1.20. The number of halogens is 1. The molecule has 1 heterocycles. The summed E-state index contributed by atoms with van der Waals surface area (Å²) in [5.41, 5.74) is 2.36. The summed E-state index contributed by atoms with van der Waals surface area (Å²) in [6.07, 6.45) is 0.805. The number of hydrogen-bond donors (Lipinski definition) is 0. The predicted molar refractivity (Wildman–Crippen MR) is 75.4 cm³/mol. The van der Waals surface area contributed by atoms with Crippen molar-refractivity contribution < 1.29 is 9.53 Å². The van der Waals surface area contributed by atoms with Gasteiger partial charge in [0, 0.05) is 9.85 Å². The molecule has 18 heavy (non-hydrogen) atoms. The molecule has 2 rings (SSSR count). The lowest BCUT2D eigenvalue weighted by molar-refractivity contribution is 0.111. The molecule has 3 nitrogen and oxygen atoms in total. The summed E-state index contributed by atoms with van der Waals surface area (Å²) in [6, 6.07) is 3.68. The van der Waals surface area contributed by atoms with Crippen LogP contribution in [0.5, 0.6) is 5.75 Å². The van der Waals surface area contributed by atoms with Crippen LogP contribution < -0.4 is 4.74 Å². The number of aryl methyl sites for hydroxylation is 2. The molecule has 0 fully saturated rings. The minimum Gasteiger partial charge on any atom is -0.486 e. The van der Waals surface area contributed by atoms with Crippen molar-refractivity contribution in [3.8, 4) is 5.75 Å². The van der Waals surface area contributed by atoms with E-state index in [0.717, 1.165) is 27.0 Å². The molecule has 0 atom stereocenters. The number of aromatic nitrogens is 1. The lowest BCUT2D eigenvalue weighted by Gasteiger charge is -2.10. The monoisotopic (exact) mass is 325 g/mol. The van der Waals surface area contributed by atoms with Gasteiger partial charge >= 0.3 is 0 Å². The minimum absolute atomic E-state index is 0.383. The van der Waals surface area contributed by atoms with E-state index in [1.807, 2.05) is 25.3 Å². The number of benzene rings is 1. The number of carbonyl (C=O) groups excluding carboxylic acids is 1. The van der Waals surface area contributed by atoms with Crippen LogP contribution in [0.1, 0.15) is 26.6 Å². The Kier molecular flexibility index (Phi) is 4.14. The molecule has 1 aromatic carbocycles. The second kappa shape index (κ2) is 5.63. The van der Waals surface area contributed by atoms with Crippen LogP contribution in [0.3, 0.4) is 0 Å². The lowest BCUT2D eigenvalue weighted by atomic mass is 10.1. The Labute approximate surface area is 118 Å². The first-order valence-electron chi connectivity index (χ1n) is 5.39. The zero-order valence-electron chi connectivity index (χ0n) is 10.1. The molecule has 0 amide bonds. The Bertz CT molecular complexity index is 580. The van der Waals surface area contributed by atoms with E-state index < -0.39 is 0 Å². The molecular weight excluding hydrogens is 314 g/mol. The highest BCUT2D eigenvalue weighted by molar-refractivity contribution is 9.10. The van der Waals surface area contributed by atoms with E-state index in [-0.39, 0.29) is 0 Å². The Balaban J connectivity index is 2.20. The smallest absolute Gasteiger partial charge is 0.153 e. The molecule has 0 aliphatic heterocycles. The van der Waals surface area contributed by atoms with Gasteiger partial charge in [-0.15, -0.1) is 11.3 Å². The average Bonchev–Trinajstić information content (AvgIpc) is 2.73. The summed E-state index contributed by atoms with van der Waals surface area (Å²) < 4.78 is 6.58.